The topological polar surface area (TPSA) is 108 Å². The van der Waals surface area contributed by atoms with Crippen molar-refractivity contribution in [3.05, 3.63) is 36.5 Å². The lowest BCUT2D eigenvalue weighted by Crippen LogP contribution is -2.37. The van der Waals surface area contributed by atoms with Crippen LogP contribution in [0.3, 0.4) is 0 Å². The summed E-state index contributed by atoms with van der Waals surface area (Å²) in [5.74, 6) is -0.813. The van der Waals surface area contributed by atoms with Gasteiger partial charge in [-0.15, -0.1) is 0 Å². The van der Waals surface area contributed by atoms with Crippen LogP contribution in [-0.4, -0.2) is 74.9 Å². The average molecular weight is 799 g/mol. The minimum Gasteiger partial charge on any atom is -0.462 e. The van der Waals surface area contributed by atoms with Crippen LogP contribution in [-0.2, 0) is 32.7 Å². The molecule has 9 nitrogen and oxygen atoms in total. The van der Waals surface area contributed by atoms with E-state index in [1.165, 1.54) is 83.5 Å². The largest absolute Gasteiger partial charge is 0.472 e. The Morgan fingerprint density at radius 3 is 1.45 bits per heavy atom. The summed E-state index contributed by atoms with van der Waals surface area (Å²) in [6.07, 6.45) is 41.9. The molecule has 0 bridgehead atoms. The summed E-state index contributed by atoms with van der Waals surface area (Å²) in [7, 11) is 1.47. The van der Waals surface area contributed by atoms with Crippen molar-refractivity contribution in [2.75, 3.05) is 47.5 Å². The van der Waals surface area contributed by atoms with E-state index in [9.17, 15) is 19.0 Å². The van der Waals surface area contributed by atoms with Crippen molar-refractivity contribution < 1.29 is 42.1 Å². The molecular formula is C45H85NO8P+. The predicted octanol–water partition coefficient (Wildman–Crippen LogP) is 12.5. The number of carbonyl (C=O) groups is 2. The van der Waals surface area contributed by atoms with Gasteiger partial charge >= 0.3 is 19.8 Å². The van der Waals surface area contributed by atoms with Crippen LogP contribution >= 0.6 is 7.82 Å². The molecule has 0 rings (SSSR count). The fourth-order valence-electron chi connectivity index (χ4n) is 5.86. The summed E-state index contributed by atoms with van der Waals surface area (Å²) in [5.41, 5.74) is 0. The standard InChI is InChI=1S/C45H84NO8P/c1-6-8-10-12-14-16-18-20-21-22-23-24-25-26-28-30-32-34-36-38-45(48)54-43(42-53-55(49,50)52-40-39-46(3,4)5)41-51-44(47)37-35-33-31-29-27-19-17-15-13-11-9-7-2/h14-17,20-21,43H,6-13,18-19,22-42H2,1-5H3/p+1/b16-14-,17-15-,21-20-/t43-/m1/s1. The molecule has 0 aliphatic carbocycles. The second kappa shape index (κ2) is 37.8. The predicted molar refractivity (Wildman–Crippen MR) is 229 cm³/mol. The quantitative estimate of drug-likeness (QED) is 0.0215. The van der Waals surface area contributed by atoms with Crippen molar-refractivity contribution in [3.63, 3.8) is 0 Å². The first-order chi connectivity index (χ1) is 26.5. The van der Waals surface area contributed by atoms with Crippen LogP contribution in [0, 0.1) is 0 Å². The molecule has 1 N–H and O–H groups in total. The molecule has 0 saturated heterocycles. The molecule has 1 unspecified atom stereocenters. The summed E-state index contributed by atoms with van der Waals surface area (Å²) >= 11 is 0. The lowest BCUT2D eigenvalue weighted by molar-refractivity contribution is -0.870. The van der Waals surface area contributed by atoms with Gasteiger partial charge in [0, 0.05) is 12.8 Å². The van der Waals surface area contributed by atoms with E-state index >= 15 is 0 Å². The first-order valence-electron chi connectivity index (χ1n) is 22.2. The number of esters is 2. The van der Waals surface area contributed by atoms with Crippen LogP contribution in [0.4, 0.5) is 0 Å². The van der Waals surface area contributed by atoms with E-state index < -0.39 is 26.5 Å². The van der Waals surface area contributed by atoms with Crippen molar-refractivity contribution in [1.82, 2.24) is 0 Å². The lowest BCUT2D eigenvalue weighted by Gasteiger charge is -2.24. The molecule has 0 spiro atoms. The molecule has 0 fully saturated rings. The van der Waals surface area contributed by atoms with E-state index in [-0.39, 0.29) is 32.0 Å². The number of phosphoric acid groups is 1. The van der Waals surface area contributed by atoms with Crippen LogP contribution in [0.15, 0.2) is 36.5 Å². The zero-order chi connectivity index (χ0) is 40.7. The van der Waals surface area contributed by atoms with Gasteiger partial charge in [0.05, 0.1) is 27.7 Å². The summed E-state index contributed by atoms with van der Waals surface area (Å²) in [6.45, 7) is 4.36. The van der Waals surface area contributed by atoms with Crippen LogP contribution in [0.25, 0.3) is 0 Å². The lowest BCUT2D eigenvalue weighted by atomic mass is 10.1. The molecular weight excluding hydrogens is 713 g/mol. The second-order valence-electron chi connectivity index (χ2n) is 16.1. The first kappa shape index (κ1) is 53.2. The summed E-state index contributed by atoms with van der Waals surface area (Å²) in [6, 6.07) is 0. The van der Waals surface area contributed by atoms with E-state index in [2.05, 4.69) is 50.3 Å². The smallest absolute Gasteiger partial charge is 0.462 e. The van der Waals surface area contributed by atoms with E-state index in [0.29, 0.717) is 17.4 Å². The van der Waals surface area contributed by atoms with E-state index in [0.717, 1.165) is 70.6 Å². The van der Waals surface area contributed by atoms with Crippen molar-refractivity contribution in [3.8, 4) is 0 Å². The van der Waals surface area contributed by atoms with Gasteiger partial charge in [-0.2, -0.15) is 0 Å². The molecule has 0 saturated carbocycles. The summed E-state index contributed by atoms with van der Waals surface area (Å²) < 4.78 is 34.3. The SMILES string of the molecule is CCCCC/C=C\C/C=C\CCCCCCCCCCCC(=O)O[C@H](COC(=O)CCCCCCC/C=C\CCCCC)COP(=O)(O)OCC[N+](C)(C)C. The number of rotatable bonds is 40. The third-order valence-corrected chi connectivity index (χ3v) is 10.4. The Balaban J connectivity index is 4.34. The van der Waals surface area contributed by atoms with Crippen molar-refractivity contribution in [1.29, 1.82) is 0 Å². The summed E-state index contributed by atoms with van der Waals surface area (Å²) in [4.78, 5) is 35.3. The molecule has 2 atom stereocenters. The Hall–Kier alpha value is -1.77. The number of allylic oxidation sites excluding steroid dienone is 6. The Morgan fingerprint density at radius 1 is 0.564 bits per heavy atom. The van der Waals surface area contributed by atoms with E-state index in [4.69, 9.17) is 18.5 Å². The molecule has 0 amide bonds. The minimum absolute atomic E-state index is 0.0294. The van der Waals surface area contributed by atoms with Gasteiger partial charge in [-0.3, -0.25) is 18.6 Å². The highest BCUT2D eigenvalue weighted by Gasteiger charge is 2.27. The van der Waals surface area contributed by atoms with E-state index in [1.807, 2.05) is 21.1 Å². The molecule has 55 heavy (non-hydrogen) atoms. The molecule has 0 aromatic rings. The van der Waals surface area contributed by atoms with Gasteiger partial charge in [-0.1, -0.05) is 140 Å². The number of unbranched alkanes of at least 4 members (excludes halogenated alkanes) is 20. The van der Waals surface area contributed by atoms with Gasteiger partial charge in [-0.05, 0) is 70.6 Å². The number of nitrogens with zero attached hydrogens (tertiary/aromatic N) is 1. The highest BCUT2D eigenvalue weighted by Crippen LogP contribution is 2.43. The van der Waals surface area contributed by atoms with Crippen LogP contribution < -0.4 is 0 Å². The van der Waals surface area contributed by atoms with E-state index in [1.54, 1.807) is 0 Å². The normalized spacial score (nSPS) is 13.9. The van der Waals surface area contributed by atoms with Crippen LogP contribution in [0.5, 0.6) is 0 Å². The number of phosphoric ester groups is 1. The maximum absolute atomic E-state index is 12.7. The molecule has 0 aromatic carbocycles. The third-order valence-electron chi connectivity index (χ3n) is 9.39. The number of hydrogen-bond donors (Lipinski definition) is 1. The summed E-state index contributed by atoms with van der Waals surface area (Å²) in [5, 5.41) is 0. The van der Waals surface area contributed by atoms with Gasteiger partial charge in [0.2, 0.25) is 0 Å². The minimum atomic E-state index is -4.37. The third kappa shape index (κ3) is 41.7. The molecule has 0 heterocycles. The first-order valence-corrected chi connectivity index (χ1v) is 23.7. The van der Waals surface area contributed by atoms with Gasteiger partial charge in [-0.25, -0.2) is 4.57 Å². The monoisotopic (exact) mass is 799 g/mol. The zero-order valence-corrected chi connectivity index (χ0v) is 37.1. The zero-order valence-electron chi connectivity index (χ0n) is 36.2. The van der Waals surface area contributed by atoms with Crippen molar-refractivity contribution in [2.45, 2.75) is 193 Å². The maximum Gasteiger partial charge on any atom is 0.472 e. The number of carbonyl (C=O) groups excluding carboxylic acids is 2. The molecule has 0 radical (unpaired) electrons. The van der Waals surface area contributed by atoms with Gasteiger partial charge < -0.3 is 18.9 Å². The van der Waals surface area contributed by atoms with Crippen LogP contribution in [0.2, 0.25) is 0 Å². The number of quaternary nitrogens is 1. The molecule has 0 aliphatic heterocycles. The van der Waals surface area contributed by atoms with Crippen molar-refractivity contribution >= 4 is 19.8 Å². The second-order valence-corrected chi connectivity index (χ2v) is 17.5. The molecule has 0 aromatic heterocycles. The number of likely N-dealkylation sites (N-methyl/N-ethyl adjacent to an activating group) is 1. The van der Waals surface area contributed by atoms with Gasteiger partial charge in [0.1, 0.15) is 19.8 Å². The highest BCUT2D eigenvalue weighted by atomic mass is 31.2. The molecule has 10 heteroatoms. The number of hydrogen-bond acceptors (Lipinski definition) is 7. The highest BCUT2D eigenvalue weighted by molar-refractivity contribution is 7.47. The Morgan fingerprint density at radius 2 is 0.982 bits per heavy atom. The Labute approximate surface area is 338 Å². The van der Waals surface area contributed by atoms with Gasteiger partial charge in [0.25, 0.3) is 0 Å². The van der Waals surface area contributed by atoms with Gasteiger partial charge in [0.15, 0.2) is 6.10 Å². The van der Waals surface area contributed by atoms with Crippen LogP contribution in [0.1, 0.15) is 187 Å². The Bertz CT molecular complexity index is 1040. The fraction of sp³-hybridized carbons (Fsp3) is 0.822. The fourth-order valence-corrected chi connectivity index (χ4v) is 6.60. The Kier molecular flexibility index (Phi) is 36.6. The number of ether oxygens (including phenoxy) is 2. The average Bonchev–Trinajstić information content (AvgIpc) is 3.13. The molecule has 322 valence electrons. The maximum atomic E-state index is 12.7. The molecule has 0 aliphatic rings. The van der Waals surface area contributed by atoms with Crippen molar-refractivity contribution in [2.24, 2.45) is 0 Å².